The standard InChI is InChI=1S/C11H21NO3/c1-8-4-10(2,3)7-11(5-8,15-12)6-9(13)14/h8H,4-7,12H2,1-3H3,(H,13,14). The number of hydrogen-bond donors (Lipinski definition) is 2. The monoisotopic (exact) mass is 215 g/mol. The normalized spacial score (nSPS) is 35.1. The topological polar surface area (TPSA) is 72.5 Å². The summed E-state index contributed by atoms with van der Waals surface area (Å²) in [5.41, 5.74) is -0.570. The summed E-state index contributed by atoms with van der Waals surface area (Å²) in [6, 6.07) is 0. The van der Waals surface area contributed by atoms with Gasteiger partial charge in [0.2, 0.25) is 0 Å². The second-order valence-electron chi connectivity index (χ2n) is 5.73. The van der Waals surface area contributed by atoms with Gasteiger partial charge in [0.1, 0.15) is 5.60 Å². The number of rotatable bonds is 3. The zero-order chi connectivity index (χ0) is 11.7. The van der Waals surface area contributed by atoms with Crippen LogP contribution < -0.4 is 5.90 Å². The summed E-state index contributed by atoms with van der Waals surface area (Å²) >= 11 is 0. The maximum Gasteiger partial charge on any atom is 0.306 e. The first-order valence-corrected chi connectivity index (χ1v) is 5.38. The Hall–Kier alpha value is -0.610. The van der Waals surface area contributed by atoms with Crippen molar-refractivity contribution in [2.24, 2.45) is 17.2 Å². The third-order valence-corrected chi connectivity index (χ3v) is 3.15. The van der Waals surface area contributed by atoms with Crippen LogP contribution in [-0.4, -0.2) is 16.7 Å². The predicted octanol–water partition coefficient (Wildman–Crippen LogP) is 1.94. The van der Waals surface area contributed by atoms with Crippen molar-refractivity contribution in [3.05, 3.63) is 0 Å². The van der Waals surface area contributed by atoms with Gasteiger partial charge in [-0.05, 0) is 30.6 Å². The van der Waals surface area contributed by atoms with Crippen LogP contribution in [0.4, 0.5) is 0 Å². The van der Waals surface area contributed by atoms with E-state index in [1.807, 2.05) is 0 Å². The fourth-order valence-corrected chi connectivity index (χ4v) is 3.21. The molecule has 1 fully saturated rings. The number of aliphatic carboxylic acids is 1. The van der Waals surface area contributed by atoms with Gasteiger partial charge in [0.25, 0.3) is 0 Å². The Kier molecular flexibility index (Phi) is 3.41. The van der Waals surface area contributed by atoms with Crippen molar-refractivity contribution in [1.29, 1.82) is 0 Å². The molecule has 0 saturated heterocycles. The summed E-state index contributed by atoms with van der Waals surface area (Å²) in [5.74, 6) is 4.92. The highest BCUT2D eigenvalue weighted by atomic mass is 16.6. The van der Waals surface area contributed by atoms with Crippen LogP contribution in [0.1, 0.15) is 46.5 Å². The summed E-state index contributed by atoms with van der Waals surface area (Å²) in [7, 11) is 0. The summed E-state index contributed by atoms with van der Waals surface area (Å²) in [4.78, 5) is 15.8. The van der Waals surface area contributed by atoms with Crippen LogP contribution in [0.5, 0.6) is 0 Å². The Labute approximate surface area is 90.7 Å². The molecule has 15 heavy (non-hydrogen) atoms. The molecule has 2 atom stereocenters. The first-order chi connectivity index (χ1) is 6.79. The largest absolute Gasteiger partial charge is 0.481 e. The van der Waals surface area contributed by atoms with E-state index in [2.05, 4.69) is 20.8 Å². The van der Waals surface area contributed by atoms with E-state index < -0.39 is 11.6 Å². The van der Waals surface area contributed by atoms with Crippen molar-refractivity contribution in [2.45, 2.75) is 52.1 Å². The molecule has 88 valence electrons. The second-order valence-corrected chi connectivity index (χ2v) is 5.73. The van der Waals surface area contributed by atoms with Gasteiger partial charge in [-0.3, -0.25) is 9.63 Å². The highest BCUT2D eigenvalue weighted by Gasteiger charge is 2.45. The van der Waals surface area contributed by atoms with E-state index in [1.54, 1.807) is 0 Å². The number of hydrogen-bond acceptors (Lipinski definition) is 3. The minimum Gasteiger partial charge on any atom is -0.481 e. The summed E-state index contributed by atoms with van der Waals surface area (Å²) in [6.45, 7) is 6.40. The first kappa shape index (κ1) is 12.5. The molecule has 4 heteroatoms. The lowest BCUT2D eigenvalue weighted by molar-refractivity contribution is -0.156. The van der Waals surface area contributed by atoms with E-state index in [-0.39, 0.29) is 11.8 Å². The average Bonchev–Trinajstić information content (AvgIpc) is 1.98. The van der Waals surface area contributed by atoms with Crippen LogP contribution in [-0.2, 0) is 9.63 Å². The molecule has 0 bridgehead atoms. The highest BCUT2D eigenvalue weighted by molar-refractivity contribution is 5.68. The molecule has 0 aromatic rings. The van der Waals surface area contributed by atoms with E-state index in [1.165, 1.54) is 0 Å². The molecule has 0 amide bonds. The Morgan fingerprint density at radius 3 is 2.53 bits per heavy atom. The maximum absolute atomic E-state index is 10.8. The number of carbonyl (C=O) groups is 1. The van der Waals surface area contributed by atoms with Gasteiger partial charge >= 0.3 is 5.97 Å². The summed E-state index contributed by atoms with van der Waals surface area (Å²) < 4.78 is 0. The van der Waals surface area contributed by atoms with Crippen LogP contribution in [0.25, 0.3) is 0 Å². The summed E-state index contributed by atoms with van der Waals surface area (Å²) in [5, 5.41) is 8.88. The van der Waals surface area contributed by atoms with Gasteiger partial charge in [-0.15, -0.1) is 0 Å². The van der Waals surface area contributed by atoms with Gasteiger partial charge < -0.3 is 5.11 Å². The number of carboxylic acid groups (broad SMARTS) is 1. The first-order valence-electron chi connectivity index (χ1n) is 5.38. The SMILES string of the molecule is CC1CC(C)(C)CC(CC(=O)O)(ON)C1. The van der Waals surface area contributed by atoms with E-state index in [9.17, 15) is 4.79 Å². The molecule has 4 nitrogen and oxygen atoms in total. The molecular weight excluding hydrogens is 194 g/mol. The molecule has 1 aliphatic carbocycles. The van der Waals surface area contributed by atoms with Gasteiger partial charge in [0.15, 0.2) is 0 Å². The Morgan fingerprint density at radius 2 is 2.13 bits per heavy atom. The fourth-order valence-electron chi connectivity index (χ4n) is 3.21. The lowest BCUT2D eigenvalue weighted by atomic mass is 9.65. The third-order valence-electron chi connectivity index (χ3n) is 3.15. The second kappa shape index (κ2) is 4.10. The molecular formula is C11H21NO3. The van der Waals surface area contributed by atoms with E-state index in [4.69, 9.17) is 15.8 Å². The number of carboxylic acids is 1. The minimum absolute atomic E-state index is 0.00271. The Morgan fingerprint density at radius 1 is 1.53 bits per heavy atom. The highest BCUT2D eigenvalue weighted by Crippen LogP contribution is 2.46. The zero-order valence-electron chi connectivity index (χ0n) is 9.75. The van der Waals surface area contributed by atoms with Crippen molar-refractivity contribution >= 4 is 5.97 Å². The minimum atomic E-state index is -0.842. The smallest absolute Gasteiger partial charge is 0.306 e. The van der Waals surface area contributed by atoms with Crippen molar-refractivity contribution in [1.82, 2.24) is 0 Å². The van der Waals surface area contributed by atoms with Crippen LogP contribution in [0.15, 0.2) is 0 Å². The van der Waals surface area contributed by atoms with Crippen LogP contribution >= 0.6 is 0 Å². The van der Waals surface area contributed by atoms with Gasteiger partial charge in [-0.2, -0.15) is 0 Å². The quantitative estimate of drug-likeness (QED) is 0.706. The van der Waals surface area contributed by atoms with Crippen LogP contribution in [0.3, 0.4) is 0 Å². The van der Waals surface area contributed by atoms with Gasteiger partial charge in [-0.1, -0.05) is 20.8 Å². The van der Waals surface area contributed by atoms with Crippen molar-refractivity contribution in [3.63, 3.8) is 0 Å². The summed E-state index contributed by atoms with van der Waals surface area (Å²) in [6.07, 6.45) is 2.54. The van der Waals surface area contributed by atoms with Crippen molar-refractivity contribution in [3.8, 4) is 0 Å². The molecule has 0 aromatic heterocycles. The lowest BCUT2D eigenvalue weighted by Gasteiger charge is -2.45. The molecule has 0 radical (unpaired) electrons. The molecule has 0 aromatic carbocycles. The molecule has 1 rings (SSSR count). The average molecular weight is 215 g/mol. The van der Waals surface area contributed by atoms with Crippen LogP contribution in [0, 0.1) is 11.3 Å². The van der Waals surface area contributed by atoms with Crippen molar-refractivity contribution in [2.75, 3.05) is 0 Å². The molecule has 1 saturated carbocycles. The molecule has 0 aliphatic heterocycles. The van der Waals surface area contributed by atoms with Gasteiger partial charge in [-0.25, -0.2) is 5.90 Å². The molecule has 0 heterocycles. The van der Waals surface area contributed by atoms with E-state index in [0.29, 0.717) is 12.3 Å². The lowest BCUT2D eigenvalue weighted by Crippen LogP contribution is -2.47. The Bertz CT molecular complexity index is 252. The van der Waals surface area contributed by atoms with Crippen molar-refractivity contribution < 1.29 is 14.7 Å². The van der Waals surface area contributed by atoms with E-state index >= 15 is 0 Å². The van der Waals surface area contributed by atoms with Gasteiger partial charge in [0, 0.05) is 0 Å². The Balaban J connectivity index is 2.83. The fraction of sp³-hybridized carbons (Fsp3) is 0.909. The van der Waals surface area contributed by atoms with Gasteiger partial charge in [0.05, 0.1) is 6.42 Å². The molecule has 3 N–H and O–H groups in total. The zero-order valence-corrected chi connectivity index (χ0v) is 9.75. The molecule has 1 aliphatic rings. The predicted molar refractivity (Wildman–Crippen MR) is 57.1 cm³/mol. The van der Waals surface area contributed by atoms with Crippen LogP contribution in [0.2, 0.25) is 0 Å². The molecule has 2 unspecified atom stereocenters. The maximum atomic E-state index is 10.8. The third kappa shape index (κ3) is 3.18. The van der Waals surface area contributed by atoms with E-state index in [0.717, 1.165) is 12.8 Å². The molecule has 0 spiro atoms. The number of nitrogens with two attached hydrogens (primary N) is 1.